The van der Waals surface area contributed by atoms with Gasteiger partial charge in [0.25, 0.3) is 0 Å². The highest BCUT2D eigenvalue weighted by molar-refractivity contribution is 7.79. The van der Waals surface area contributed by atoms with Crippen LogP contribution in [0.5, 0.6) is 0 Å². The van der Waals surface area contributed by atoms with E-state index in [1.165, 1.54) is 6.92 Å². The molecular formula is C21H20FO2P. The molecule has 3 aromatic rings. The molecule has 0 unspecified atom stereocenters. The van der Waals surface area contributed by atoms with Crippen LogP contribution in [0.1, 0.15) is 12.5 Å². The average molecular weight is 354 g/mol. The molecule has 3 aromatic carbocycles. The summed E-state index contributed by atoms with van der Waals surface area (Å²) in [5.74, 6) is -1.98. The first-order chi connectivity index (χ1) is 12.0. The van der Waals surface area contributed by atoms with Crippen LogP contribution in [0.15, 0.2) is 91.0 Å². The number of benzene rings is 3. The molecule has 0 aliphatic rings. The Hall–Kier alpha value is -2.22. The predicted molar refractivity (Wildman–Crippen MR) is 101 cm³/mol. The summed E-state index contributed by atoms with van der Waals surface area (Å²) in [6.07, 6.45) is 0. The summed E-state index contributed by atoms with van der Waals surface area (Å²) in [7, 11) is -3.72. The fraction of sp³-hybridized carbons (Fsp3) is 0.143. The summed E-state index contributed by atoms with van der Waals surface area (Å²) in [6.45, 7) is 1.38. The Balaban J connectivity index is 2.18. The van der Waals surface area contributed by atoms with E-state index in [1.807, 2.05) is 0 Å². The van der Waals surface area contributed by atoms with Crippen molar-refractivity contribution in [3.63, 3.8) is 0 Å². The molecule has 1 N–H and O–H groups in total. The summed E-state index contributed by atoms with van der Waals surface area (Å²) in [5, 5.41) is 11.8. The Morgan fingerprint density at radius 1 is 0.800 bits per heavy atom. The van der Waals surface area contributed by atoms with Gasteiger partial charge < -0.3 is 9.67 Å². The van der Waals surface area contributed by atoms with Crippen molar-refractivity contribution < 1.29 is 14.1 Å². The van der Waals surface area contributed by atoms with E-state index >= 15 is 4.39 Å². The summed E-state index contributed by atoms with van der Waals surface area (Å²) >= 11 is 0. The molecule has 0 amide bonds. The largest absolute Gasteiger partial charge is 0.382 e. The molecule has 2 nitrogen and oxygen atoms in total. The standard InChI is InChI=1S/C21H20FO2P/c1-21(23,17-11-5-2-6-12-17)20(22)25(24,18-13-7-3-8-14-18)19-15-9-4-10-16-19/h2-16,20,23H,1H3/t20-,21+/m1/s1. The number of hydrogen-bond donors (Lipinski definition) is 1. The van der Waals surface area contributed by atoms with E-state index < -0.39 is 18.7 Å². The monoisotopic (exact) mass is 354 g/mol. The number of rotatable bonds is 5. The molecule has 25 heavy (non-hydrogen) atoms. The zero-order chi connectivity index (χ0) is 17.9. The van der Waals surface area contributed by atoms with Crippen LogP contribution in [0.4, 0.5) is 4.39 Å². The molecule has 0 radical (unpaired) electrons. The summed E-state index contributed by atoms with van der Waals surface area (Å²) in [6, 6.07) is 25.7. The molecule has 0 bridgehead atoms. The van der Waals surface area contributed by atoms with Gasteiger partial charge in [-0.25, -0.2) is 4.39 Å². The summed E-state index contributed by atoms with van der Waals surface area (Å²) in [5.41, 5.74) is -1.49. The van der Waals surface area contributed by atoms with Gasteiger partial charge in [-0.2, -0.15) is 0 Å². The predicted octanol–water partition coefficient (Wildman–Crippen LogP) is 4.20. The van der Waals surface area contributed by atoms with Crippen molar-refractivity contribution in [3.8, 4) is 0 Å². The molecule has 0 heterocycles. The lowest BCUT2D eigenvalue weighted by molar-refractivity contribution is 0.0103. The van der Waals surface area contributed by atoms with Crippen LogP contribution in [-0.2, 0) is 10.2 Å². The normalized spacial score (nSPS) is 15.3. The Morgan fingerprint density at radius 3 is 1.56 bits per heavy atom. The SMILES string of the molecule is C[C@](O)(c1ccccc1)[C@H](F)P(=O)(c1ccccc1)c1ccccc1. The van der Waals surface area contributed by atoms with Gasteiger partial charge in [-0.3, -0.25) is 0 Å². The van der Waals surface area contributed by atoms with Crippen LogP contribution >= 0.6 is 7.14 Å². The van der Waals surface area contributed by atoms with Crippen molar-refractivity contribution in [1.82, 2.24) is 0 Å². The van der Waals surface area contributed by atoms with Gasteiger partial charge >= 0.3 is 0 Å². The van der Waals surface area contributed by atoms with Gasteiger partial charge in [-0.15, -0.1) is 0 Å². The van der Waals surface area contributed by atoms with Crippen molar-refractivity contribution >= 4 is 17.8 Å². The Morgan fingerprint density at radius 2 is 1.16 bits per heavy atom. The second kappa shape index (κ2) is 6.95. The third-order valence-corrected chi connectivity index (χ3v) is 7.69. The van der Waals surface area contributed by atoms with E-state index in [1.54, 1.807) is 91.0 Å². The molecule has 0 saturated carbocycles. The minimum absolute atomic E-state index is 0.393. The maximum atomic E-state index is 15.8. The fourth-order valence-corrected chi connectivity index (χ4v) is 5.89. The lowest BCUT2D eigenvalue weighted by Gasteiger charge is -2.34. The third-order valence-electron chi connectivity index (χ3n) is 4.42. The van der Waals surface area contributed by atoms with Crippen molar-refractivity contribution in [1.29, 1.82) is 0 Å². The molecule has 128 valence electrons. The first-order valence-corrected chi connectivity index (χ1v) is 9.88. The van der Waals surface area contributed by atoms with Crippen LogP contribution in [0.25, 0.3) is 0 Å². The number of halogens is 1. The zero-order valence-corrected chi connectivity index (χ0v) is 14.8. The summed E-state index contributed by atoms with van der Waals surface area (Å²) in [4.78, 5) is 0. The zero-order valence-electron chi connectivity index (χ0n) is 13.9. The molecule has 0 fully saturated rings. The maximum absolute atomic E-state index is 15.8. The minimum Gasteiger partial charge on any atom is -0.382 e. The van der Waals surface area contributed by atoms with Crippen molar-refractivity contribution in [2.45, 2.75) is 18.4 Å². The second-order valence-corrected chi connectivity index (χ2v) is 8.98. The van der Waals surface area contributed by atoms with Gasteiger partial charge in [0.1, 0.15) is 5.60 Å². The van der Waals surface area contributed by atoms with E-state index in [4.69, 9.17) is 0 Å². The van der Waals surface area contributed by atoms with Crippen LogP contribution in [0, 0.1) is 0 Å². The van der Waals surface area contributed by atoms with Gasteiger partial charge in [0.05, 0.1) is 0 Å². The summed E-state index contributed by atoms with van der Waals surface area (Å²) < 4.78 is 29.8. The first kappa shape index (κ1) is 17.6. The maximum Gasteiger partial charge on any atom is 0.193 e. The van der Waals surface area contributed by atoms with Gasteiger partial charge in [0.15, 0.2) is 13.1 Å². The number of hydrogen-bond acceptors (Lipinski definition) is 2. The van der Waals surface area contributed by atoms with E-state index in [-0.39, 0.29) is 0 Å². The highest BCUT2D eigenvalue weighted by atomic mass is 31.2. The quantitative estimate of drug-likeness (QED) is 0.697. The third kappa shape index (κ3) is 3.18. The second-order valence-electron chi connectivity index (χ2n) is 6.18. The van der Waals surface area contributed by atoms with Crippen LogP contribution in [0.2, 0.25) is 0 Å². The number of aliphatic hydroxyl groups is 1. The van der Waals surface area contributed by atoms with Crippen LogP contribution in [-0.4, -0.2) is 11.0 Å². The molecular weight excluding hydrogens is 334 g/mol. The van der Waals surface area contributed by atoms with Gasteiger partial charge in [0.2, 0.25) is 0 Å². The molecule has 0 spiro atoms. The van der Waals surface area contributed by atoms with Gasteiger partial charge in [0, 0.05) is 10.6 Å². The fourth-order valence-electron chi connectivity index (χ4n) is 2.98. The van der Waals surface area contributed by atoms with E-state index in [0.717, 1.165) is 0 Å². The molecule has 2 atom stereocenters. The van der Waals surface area contributed by atoms with Crippen LogP contribution < -0.4 is 10.6 Å². The Labute approximate surface area is 147 Å². The molecule has 0 aliphatic heterocycles. The van der Waals surface area contributed by atoms with Crippen molar-refractivity contribution in [3.05, 3.63) is 96.6 Å². The lowest BCUT2D eigenvalue weighted by Crippen LogP contribution is -2.38. The molecule has 4 heteroatoms. The first-order valence-electron chi connectivity index (χ1n) is 8.10. The minimum atomic E-state index is -3.72. The molecule has 3 rings (SSSR count). The Bertz CT molecular complexity index is 821. The Kier molecular flexibility index (Phi) is 4.89. The van der Waals surface area contributed by atoms with E-state index in [9.17, 15) is 9.67 Å². The van der Waals surface area contributed by atoms with E-state index in [2.05, 4.69) is 0 Å². The van der Waals surface area contributed by atoms with Crippen molar-refractivity contribution in [2.24, 2.45) is 0 Å². The van der Waals surface area contributed by atoms with Crippen molar-refractivity contribution in [2.75, 3.05) is 0 Å². The van der Waals surface area contributed by atoms with Gasteiger partial charge in [-0.1, -0.05) is 91.0 Å². The molecule has 0 saturated heterocycles. The molecule has 0 aromatic heterocycles. The topological polar surface area (TPSA) is 37.3 Å². The van der Waals surface area contributed by atoms with Gasteiger partial charge in [-0.05, 0) is 12.5 Å². The number of alkyl halides is 1. The highest BCUT2D eigenvalue weighted by Crippen LogP contribution is 2.55. The van der Waals surface area contributed by atoms with Crippen LogP contribution in [0.3, 0.4) is 0 Å². The lowest BCUT2D eigenvalue weighted by atomic mass is 9.97. The smallest absolute Gasteiger partial charge is 0.193 e. The highest BCUT2D eigenvalue weighted by Gasteiger charge is 2.48. The average Bonchev–Trinajstić information content (AvgIpc) is 2.68. The molecule has 0 aliphatic carbocycles. The van der Waals surface area contributed by atoms with E-state index in [0.29, 0.717) is 16.2 Å².